The Morgan fingerprint density at radius 3 is 2.87 bits per heavy atom. The van der Waals surface area contributed by atoms with Gasteiger partial charge in [0.05, 0.1) is 6.61 Å². The summed E-state index contributed by atoms with van der Waals surface area (Å²) in [5, 5.41) is 3.36. The first-order chi connectivity index (χ1) is 7.24. The minimum absolute atomic E-state index is 0.764. The monoisotopic (exact) mass is 271 g/mol. The lowest BCUT2D eigenvalue weighted by Crippen LogP contribution is -2.10. The van der Waals surface area contributed by atoms with E-state index in [1.807, 2.05) is 6.07 Å². The van der Waals surface area contributed by atoms with Gasteiger partial charge in [0.15, 0.2) is 0 Å². The van der Waals surface area contributed by atoms with Gasteiger partial charge < -0.3 is 10.1 Å². The van der Waals surface area contributed by atoms with Gasteiger partial charge in [-0.2, -0.15) is 0 Å². The second-order valence-electron chi connectivity index (χ2n) is 3.50. The first-order valence-electron chi connectivity index (χ1n) is 5.32. The third-order valence-corrected chi connectivity index (χ3v) is 2.60. The molecule has 0 aliphatic carbocycles. The molecule has 84 valence electrons. The van der Waals surface area contributed by atoms with Crippen LogP contribution < -0.4 is 5.32 Å². The Bertz CT molecular complexity index is 302. The molecule has 3 heteroatoms. The van der Waals surface area contributed by atoms with Crippen LogP contribution in [0.1, 0.15) is 18.9 Å². The van der Waals surface area contributed by atoms with Crippen molar-refractivity contribution in [2.24, 2.45) is 0 Å². The number of halogens is 1. The molecule has 0 amide bonds. The Hall–Kier alpha value is -0.540. The quantitative estimate of drug-likeness (QED) is 0.799. The first-order valence-corrected chi connectivity index (χ1v) is 6.11. The molecule has 1 aromatic carbocycles. The summed E-state index contributed by atoms with van der Waals surface area (Å²) in [6.45, 7) is 6.68. The smallest absolute Gasteiger partial charge is 0.0639 e. The van der Waals surface area contributed by atoms with E-state index in [-0.39, 0.29) is 0 Å². The zero-order valence-electron chi connectivity index (χ0n) is 9.35. The van der Waals surface area contributed by atoms with Gasteiger partial charge in [0, 0.05) is 23.3 Å². The summed E-state index contributed by atoms with van der Waals surface area (Å²) < 4.78 is 6.50. The van der Waals surface area contributed by atoms with Crippen LogP contribution >= 0.6 is 15.9 Å². The van der Waals surface area contributed by atoms with Gasteiger partial charge >= 0.3 is 0 Å². The maximum Gasteiger partial charge on any atom is 0.0639 e. The van der Waals surface area contributed by atoms with Crippen molar-refractivity contribution >= 4 is 21.6 Å². The number of benzene rings is 1. The molecule has 0 aromatic heterocycles. The number of rotatable bonds is 6. The van der Waals surface area contributed by atoms with Crippen LogP contribution in [-0.4, -0.2) is 19.8 Å². The summed E-state index contributed by atoms with van der Waals surface area (Å²) in [6, 6.07) is 6.24. The van der Waals surface area contributed by atoms with Crippen molar-refractivity contribution in [2.75, 3.05) is 25.1 Å². The van der Waals surface area contributed by atoms with Gasteiger partial charge in [-0.1, -0.05) is 28.9 Å². The van der Waals surface area contributed by atoms with E-state index in [9.17, 15) is 0 Å². The van der Waals surface area contributed by atoms with Crippen molar-refractivity contribution in [2.45, 2.75) is 20.3 Å². The highest BCUT2D eigenvalue weighted by Gasteiger charge is 1.97. The molecule has 0 atom stereocenters. The summed E-state index contributed by atoms with van der Waals surface area (Å²) in [5.41, 5.74) is 2.43. The van der Waals surface area contributed by atoms with E-state index >= 15 is 0 Å². The Morgan fingerprint density at radius 2 is 2.13 bits per heavy atom. The molecule has 0 bridgehead atoms. The summed E-state index contributed by atoms with van der Waals surface area (Å²) in [6.07, 6.45) is 1.08. The molecule has 1 aromatic rings. The van der Waals surface area contributed by atoms with Crippen LogP contribution in [-0.2, 0) is 4.74 Å². The third-order valence-electron chi connectivity index (χ3n) is 2.11. The fourth-order valence-corrected chi connectivity index (χ4v) is 1.65. The highest BCUT2D eigenvalue weighted by molar-refractivity contribution is 9.10. The molecule has 0 unspecified atom stereocenters. The van der Waals surface area contributed by atoms with Crippen molar-refractivity contribution in [3.05, 3.63) is 28.2 Å². The third kappa shape index (κ3) is 4.67. The summed E-state index contributed by atoms with van der Waals surface area (Å²) in [7, 11) is 0. The molecular weight excluding hydrogens is 254 g/mol. The predicted octanol–water partition coefficient (Wildman–Crippen LogP) is 3.60. The maximum atomic E-state index is 5.40. The zero-order valence-corrected chi connectivity index (χ0v) is 10.9. The molecule has 0 saturated heterocycles. The van der Waals surface area contributed by atoms with Gasteiger partial charge in [0.1, 0.15) is 0 Å². The van der Waals surface area contributed by atoms with Gasteiger partial charge in [-0.05, 0) is 31.0 Å². The predicted molar refractivity (Wildman–Crippen MR) is 68.5 cm³/mol. The second-order valence-corrected chi connectivity index (χ2v) is 4.41. The molecule has 2 nitrogen and oxygen atoms in total. The van der Waals surface area contributed by atoms with Crippen molar-refractivity contribution in [1.82, 2.24) is 0 Å². The van der Waals surface area contributed by atoms with Gasteiger partial charge in [-0.3, -0.25) is 0 Å². The minimum Gasteiger partial charge on any atom is -0.382 e. The van der Waals surface area contributed by atoms with Crippen LogP contribution in [0.4, 0.5) is 5.69 Å². The lowest BCUT2D eigenvalue weighted by atomic mass is 10.2. The highest BCUT2D eigenvalue weighted by atomic mass is 79.9. The molecule has 1 rings (SSSR count). The van der Waals surface area contributed by atoms with E-state index in [1.54, 1.807) is 0 Å². The fourth-order valence-electron chi connectivity index (χ4n) is 1.29. The van der Waals surface area contributed by atoms with Crippen LogP contribution in [0, 0.1) is 6.92 Å². The Kier molecular flexibility index (Phi) is 5.73. The molecule has 15 heavy (non-hydrogen) atoms. The number of anilines is 1. The molecule has 0 saturated carbocycles. The SMILES string of the molecule is CCCOCCNc1cc(Br)ccc1C. The van der Waals surface area contributed by atoms with Crippen LogP contribution in [0.5, 0.6) is 0 Å². The fraction of sp³-hybridized carbons (Fsp3) is 0.500. The summed E-state index contributed by atoms with van der Waals surface area (Å²) in [4.78, 5) is 0. The number of nitrogens with one attached hydrogen (secondary N) is 1. The van der Waals surface area contributed by atoms with E-state index in [0.717, 1.165) is 30.7 Å². The number of ether oxygens (including phenoxy) is 1. The van der Waals surface area contributed by atoms with Crippen molar-refractivity contribution in [1.29, 1.82) is 0 Å². The average Bonchev–Trinajstić information content (AvgIpc) is 2.23. The van der Waals surface area contributed by atoms with E-state index < -0.39 is 0 Å². The summed E-state index contributed by atoms with van der Waals surface area (Å²) in [5.74, 6) is 0. The van der Waals surface area contributed by atoms with Crippen molar-refractivity contribution in [3.63, 3.8) is 0 Å². The van der Waals surface area contributed by atoms with Crippen molar-refractivity contribution in [3.8, 4) is 0 Å². The average molecular weight is 272 g/mol. The first kappa shape index (κ1) is 12.5. The molecule has 1 N–H and O–H groups in total. The molecule has 0 heterocycles. The van der Waals surface area contributed by atoms with E-state index in [0.29, 0.717) is 0 Å². The van der Waals surface area contributed by atoms with Gasteiger partial charge in [-0.15, -0.1) is 0 Å². The zero-order chi connectivity index (χ0) is 11.1. The molecule has 0 aliphatic rings. The normalized spacial score (nSPS) is 10.3. The van der Waals surface area contributed by atoms with Gasteiger partial charge in [-0.25, -0.2) is 0 Å². The van der Waals surface area contributed by atoms with Crippen LogP contribution in [0.25, 0.3) is 0 Å². The molecule has 0 fully saturated rings. The highest BCUT2D eigenvalue weighted by Crippen LogP contribution is 2.20. The minimum atomic E-state index is 0.764. The molecule has 0 radical (unpaired) electrons. The Morgan fingerprint density at radius 1 is 1.33 bits per heavy atom. The van der Waals surface area contributed by atoms with E-state index in [1.165, 1.54) is 11.3 Å². The van der Waals surface area contributed by atoms with Crippen LogP contribution in [0.3, 0.4) is 0 Å². The van der Waals surface area contributed by atoms with E-state index in [4.69, 9.17) is 4.74 Å². The maximum absolute atomic E-state index is 5.40. The largest absolute Gasteiger partial charge is 0.382 e. The standard InChI is InChI=1S/C12H18BrNO/c1-3-7-15-8-6-14-12-9-11(13)5-4-10(12)2/h4-5,9,14H,3,6-8H2,1-2H3. The number of hydrogen-bond donors (Lipinski definition) is 1. The lowest BCUT2D eigenvalue weighted by molar-refractivity contribution is 0.144. The molecule has 0 spiro atoms. The summed E-state index contributed by atoms with van der Waals surface area (Å²) >= 11 is 3.46. The van der Waals surface area contributed by atoms with Gasteiger partial charge in [0.25, 0.3) is 0 Å². The molecule has 0 aliphatic heterocycles. The topological polar surface area (TPSA) is 21.3 Å². The number of aryl methyl sites for hydroxylation is 1. The lowest BCUT2D eigenvalue weighted by Gasteiger charge is -2.10. The van der Waals surface area contributed by atoms with Crippen LogP contribution in [0.2, 0.25) is 0 Å². The second kappa shape index (κ2) is 6.85. The van der Waals surface area contributed by atoms with Gasteiger partial charge in [0.2, 0.25) is 0 Å². The Balaban J connectivity index is 2.33. The Labute approximate surface area is 100 Å². The van der Waals surface area contributed by atoms with E-state index in [2.05, 4.69) is 47.2 Å². The molecular formula is C12H18BrNO. The van der Waals surface area contributed by atoms with Crippen LogP contribution in [0.15, 0.2) is 22.7 Å². The number of hydrogen-bond acceptors (Lipinski definition) is 2. The van der Waals surface area contributed by atoms with Crippen molar-refractivity contribution < 1.29 is 4.74 Å².